The summed E-state index contributed by atoms with van der Waals surface area (Å²) in [5.41, 5.74) is 5.39. The molecule has 0 aliphatic heterocycles. The minimum absolute atomic E-state index is 0.0536. The average Bonchev–Trinajstić information content (AvgIpc) is 2.22. The van der Waals surface area contributed by atoms with Gasteiger partial charge in [0.2, 0.25) is 5.91 Å². The fourth-order valence-corrected chi connectivity index (χ4v) is 1.88. The van der Waals surface area contributed by atoms with Gasteiger partial charge < -0.3 is 20.9 Å². The third-order valence-corrected chi connectivity index (χ3v) is 2.65. The molecule has 0 heterocycles. The lowest BCUT2D eigenvalue weighted by Crippen LogP contribution is -2.41. The van der Waals surface area contributed by atoms with Gasteiger partial charge in [0.15, 0.2) is 0 Å². The molecule has 0 bridgehead atoms. The Labute approximate surface area is 114 Å². The van der Waals surface area contributed by atoms with Crippen molar-refractivity contribution in [2.75, 3.05) is 13.7 Å². The van der Waals surface area contributed by atoms with E-state index in [2.05, 4.69) is 5.32 Å². The van der Waals surface area contributed by atoms with Crippen molar-refractivity contribution < 1.29 is 19.4 Å². The van der Waals surface area contributed by atoms with Crippen LogP contribution in [0.15, 0.2) is 0 Å². The minimum Gasteiger partial charge on any atom is -0.481 e. The maximum absolute atomic E-state index is 11.8. The molecule has 0 aliphatic carbocycles. The summed E-state index contributed by atoms with van der Waals surface area (Å²) < 4.78 is 5.03. The number of carboxylic acids is 1. The lowest BCUT2D eigenvalue weighted by molar-refractivity contribution is -0.138. The SMILES string of the molecule is COC(CN)CC(=O)NC(CC(=O)O)CC(C)(C)C. The molecule has 0 rings (SSSR count). The highest BCUT2D eigenvalue weighted by Gasteiger charge is 2.23. The molecule has 4 N–H and O–H groups in total. The Bertz CT molecular complexity index is 296. The van der Waals surface area contributed by atoms with Gasteiger partial charge in [-0.1, -0.05) is 20.8 Å². The molecule has 0 fully saturated rings. The van der Waals surface area contributed by atoms with E-state index in [0.29, 0.717) is 6.42 Å². The zero-order chi connectivity index (χ0) is 15.1. The highest BCUT2D eigenvalue weighted by molar-refractivity contribution is 5.77. The molecule has 0 aromatic heterocycles. The number of carboxylic acid groups (broad SMARTS) is 1. The van der Waals surface area contributed by atoms with E-state index in [0.717, 1.165) is 0 Å². The Kier molecular flexibility index (Phi) is 7.63. The molecule has 6 heteroatoms. The lowest BCUT2D eigenvalue weighted by Gasteiger charge is -2.26. The van der Waals surface area contributed by atoms with E-state index in [4.69, 9.17) is 15.6 Å². The highest BCUT2D eigenvalue weighted by atomic mass is 16.5. The fourth-order valence-electron chi connectivity index (χ4n) is 1.88. The van der Waals surface area contributed by atoms with E-state index in [1.807, 2.05) is 20.8 Å². The van der Waals surface area contributed by atoms with Gasteiger partial charge in [-0.05, 0) is 11.8 Å². The van der Waals surface area contributed by atoms with Gasteiger partial charge in [-0.3, -0.25) is 9.59 Å². The van der Waals surface area contributed by atoms with Crippen molar-refractivity contribution in [3.8, 4) is 0 Å². The Morgan fingerprint density at radius 3 is 2.26 bits per heavy atom. The van der Waals surface area contributed by atoms with Crippen LogP contribution < -0.4 is 11.1 Å². The van der Waals surface area contributed by atoms with Gasteiger partial charge in [0.1, 0.15) is 0 Å². The first-order valence-electron chi connectivity index (χ1n) is 6.42. The number of hydrogen-bond donors (Lipinski definition) is 3. The Hall–Kier alpha value is -1.14. The summed E-state index contributed by atoms with van der Waals surface area (Å²) in [5, 5.41) is 11.6. The molecule has 0 aliphatic rings. The number of ether oxygens (including phenoxy) is 1. The zero-order valence-electron chi connectivity index (χ0n) is 12.2. The van der Waals surface area contributed by atoms with Crippen LogP contribution in [0.4, 0.5) is 0 Å². The van der Waals surface area contributed by atoms with Crippen LogP contribution in [-0.2, 0) is 14.3 Å². The van der Waals surface area contributed by atoms with Crippen molar-refractivity contribution in [3.05, 3.63) is 0 Å². The number of carbonyl (C=O) groups is 2. The van der Waals surface area contributed by atoms with Crippen molar-refractivity contribution >= 4 is 11.9 Å². The average molecular weight is 274 g/mol. The Balaban J connectivity index is 4.46. The molecule has 1 amide bonds. The maximum atomic E-state index is 11.8. The second-order valence-corrected chi connectivity index (χ2v) is 5.92. The van der Waals surface area contributed by atoms with E-state index < -0.39 is 5.97 Å². The second kappa shape index (κ2) is 8.12. The van der Waals surface area contributed by atoms with Gasteiger partial charge in [-0.25, -0.2) is 0 Å². The molecule has 0 radical (unpaired) electrons. The van der Waals surface area contributed by atoms with Gasteiger partial charge in [0.05, 0.1) is 18.9 Å². The monoisotopic (exact) mass is 274 g/mol. The van der Waals surface area contributed by atoms with Crippen molar-refractivity contribution in [3.63, 3.8) is 0 Å². The van der Waals surface area contributed by atoms with Crippen molar-refractivity contribution in [1.82, 2.24) is 5.32 Å². The molecule has 0 saturated carbocycles. The number of carbonyl (C=O) groups excluding carboxylic acids is 1. The van der Waals surface area contributed by atoms with E-state index in [1.54, 1.807) is 0 Å². The largest absolute Gasteiger partial charge is 0.481 e. The van der Waals surface area contributed by atoms with E-state index in [1.165, 1.54) is 7.11 Å². The van der Waals surface area contributed by atoms with Crippen LogP contribution in [0.1, 0.15) is 40.0 Å². The molecule has 0 spiro atoms. The van der Waals surface area contributed by atoms with Gasteiger partial charge in [0, 0.05) is 19.7 Å². The van der Waals surface area contributed by atoms with Crippen LogP contribution in [-0.4, -0.2) is 42.8 Å². The molecule has 6 nitrogen and oxygen atoms in total. The van der Waals surface area contributed by atoms with Gasteiger partial charge in [-0.2, -0.15) is 0 Å². The van der Waals surface area contributed by atoms with E-state index in [-0.39, 0.29) is 42.9 Å². The zero-order valence-corrected chi connectivity index (χ0v) is 12.2. The normalized spacial score (nSPS) is 14.8. The first-order chi connectivity index (χ1) is 8.67. The van der Waals surface area contributed by atoms with Gasteiger partial charge >= 0.3 is 5.97 Å². The summed E-state index contributed by atoms with van der Waals surface area (Å²) in [6, 6.07) is -0.375. The Morgan fingerprint density at radius 2 is 1.89 bits per heavy atom. The number of aliphatic carboxylic acids is 1. The van der Waals surface area contributed by atoms with Crippen molar-refractivity contribution in [1.29, 1.82) is 0 Å². The molecule has 19 heavy (non-hydrogen) atoms. The number of rotatable bonds is 8. The summed E-state index contributed by atoms with van der Waals surface area (Å²) in [6.07, 6.45) is 0.335. The van der Waals surface area contributed by atoms with Crippen molar-refractivity contribution in [2.24, 2.45) is 11.1 Å². The molecule has 0 aromatic rings. The number of methoxy groups -OCH3 is 1. The Morgan fingerprint density at radius 1 is 1.32 bits per heavy atom. The third kappa shape index (κ3) is 9.44. The smallest absolute Gasteiger partial charge is 0.305 e. The first-order valence-corrected chi connectivity index (χ1v) is 6.42. The number of nitrogens with two attached hydrogens (primary N) is 1. The quantitative estimate of drug-likeness (QED) is 0.606. The molecule has 112 valence electrons. The molecule has 0 aromatic carbocycles. The van der Waals surface area contributed by atoms with Crippen LogP contribution in [0.3, 0.4) is 0 Å². The molecule has 2 unspecified atom stereocenters. The lowest BCUT2D eigenvalue weighted by atomic mass is 9.87. The van der Waals surface area contributed by atoms with Crippen molar-refractivity contribution in [2.45, 2.75) is 52.2 Å². The summed E-state index contributed by atoms with van der Waals surface area (Å²) in [6.45, 7) is 6.27. The van der Waals surface area contributed by atoms with Gasteiger partial charge in [0.25, 0.3) is 0 Å². The standard InChI is InChI=1S/C13H26N2O4/c1-13(2,3)7-9(5-12(17)18)15-11(16)6-10(8-14)19-4/h9-10H,5-8,14H2,1-4H3,(H,15,16)(H,17,18). The summed E-state index contributed by atoms with van der Waals surface area (Å²) >= 11 is 0. The minimum atomic E-state index is -0.920. The number of nitrogens with one attached hydrogen (secondary N) is 1. The number of amides is 1. The van der Waals surface area contributed by atoms with Crippen LogP contribution in [0, 0.1) is 5.41 Å². The second-order valence-electron chi connectivity index (χ2n) is 5.92. The highest BCUT2D eigenvalue weighted by Crippen LogP contribution is 2.22. The van der Waals surface area contributed by atoms with Gasteiger partial charge in [-0.15, -0.1) is 0 Å². The van der Waals surface area contributed by atoms with Crippen LogP contribution in [0.5, 0.6) is 0 Å². The third-order valence-electron chi connectivity index (χ3n) is 2.65. The number of hydrogen-bond acceptors (Lipinski definition) is 4. The fraction of sp³-hybridized carbons (Fsp3) is 0.846. The topological polar surface area (TPSA) is 102 Å². The predicted octanol–water partition coefficient (Wildman–Crippen LogP) is 0.746. The van der Waals surface area contributed by atoms with Crippen LogP contribution in [0.2, 0.25) is 0 Å². The summed E-state index contributed by atoms with van der Waals surface area (Å²) in [5.74, 6) is -1.15. The predicted molar refractivity (Wildman–Crippen MR) is 72.7 cm³/mol. The van der Waals surface area contributed by atoms with Crippen LogP contribution in [0.25, 0.3) is 0 Å². The first kappa shape index (κ1) is 17.9. The summed E-state index contributed by atoms with van der Waals surface area (Å²) in [7, 11) is 1.49. The molecular weight excluding hydrogens is 248 g/mol. The maximum Gasteiger partial charge on any atom is 0.305 e. The molecule has 0 saturated heterocycles. The van der Waals surface area contributed by atoms with E-state index >= 15 is 0 Å². The van der Waals surface area contributed by atoms with E-state index in [9.17, 15) is 9.59 Å². The molecule has 2 atom stereocenters. The van der Waals surface area contributed by atoms with Crippen LogP contribution >= 0.6 is 0 Å². The summed E-state index contributed by atoms with van der Waals surface area (Å²) in [4.78, 5) is 22.6. The molecular formula is C13H26N2O4.